The second kappa shape index (κ2) is 7.57. The van der Waals surface area contributed by atoms with Gasteiger partial charge in [0.2, 0.25) is 0 Å². The van der Waals surface area contributed by atoms with Crippen LogP contribution in [0, 0.1) is 0 Å². The zero-order valence-corrected chi connectivity index (χ0v) is 14.1. The van der Waals surface area contributed by atoms with Crippen LogP contribution in [0.25, 0.3) is 0 Å². The Balaban J connectivity index is 1.58. The second-order valence-electron chi connectivity index (χ2n) is 7.01. The molecule has 1 unspecified atom stereocenters. The maximum Gasteiger partial charge on any atom is 0.0650 e. The molecule has 124 valence electrons. The molecule has 2 fully saturated rings. The lowest BCUT2D eigenvalue weighted by atomic mass is 10.0. The summed E-state index contributed by atoms with van der Waals surface area (Å²) in [4.78, 5) is 5.22. The van der Waals surface area contributed by atoms with Crippen molar-refractivity contribution in [3.63, 3.8) is 0 Å². The van der Waals surface area contributed by atoms with Crippen LogP contribution in [0.3, 0.4) is 0 Å². The van der Waals surface area contributed by atoms with Crippen LogP contribution in [0.4, 0.5) is 0 Å². The zero-order valence-electron chi connectivity index (χ0n) is 14.1. The summed E-state index contributed by atoms with van der Waals surface area (Å²) < 4.78 is 5.47. The van der Waals surface area contributed by atoms with Crippen LogP contribution in [0.15, 0.2) is 6.07 Å². The lowest BCUT2D eigenvalue weighted by molar-refractivity contribution is 0.0151. The Morgan fingerprint density at radius 3 is 2.82 bits per heavy atom. The number of aromatic amines is 1. The number of morpholine rings is 1. The number of aromatic nitrogens is 2. The summed E-state index contributed by atoms with van der Waals surface area (Å²) >= 11 is 0. The van der Waals surface area contributed by atoms with E-state index in [0.29, 0.717) is 12.0 Å². The molecule has 1 atom stereocenters. The summed E-state index contributed by atoms with van der Waals surface area (Å²) in [5, 5.41) is 7.68. The van der Waals surface area contributed by atoms with Crippen molar-refractivity contribution in [2.24, 2.45) is 0 Å². The highest BCUT2D eigenvalue weighted by atomic mass is 16.5. The van der Waals surface area contributed by atoms with Crippen molar-refractivity contribution in [2.75, 3.05) is 39.4 Å². The highest BCUT2D eigenvalue weighted by Crippen LogP contribution is 2.21. The van der Waals surface area contributed by atoms with Gasteiger partial charge in [-0.25, -0.2) is 0 Å². The molecule has 1 aromatic heterocycles. The summed E-state index contributed by atoms with van der Waals surface area (Å²) in [6.07, 6.45) is 4.01. The number of hydrogen-bond acceptors (Lipinski definition) is 4. The molecule has 0 spiro atoms. The van der Waals surface area contributed by atoms with E-state index in [1.807, 2.05) is 0 Å². The van der Waals surface area contributed by atoms with E-state index in [0.717, 1.165) is 32.8 Å². The molecular weight excluding hydrogens is 276 g/mol. The molecule has 0 bridgehead atoms. The molecule has 5 nitrogen and oxygen atoms in total. The molecule has 0 aromatic carbocycles. The molecular formula is C17H30N4O. The molecule has 2 saturated heterocycles. The smallest absolute Gasteiger partial charge is 0.0650 e. The van der Waals surface area contributed by atoms with Crippen LogP contribution in [0.2, 0.25) is 0 Å². The molecule has 0 saturated carbocycles. The molecule has 22 heavy (non-hydrogen) atoms. The molecule has 3 heterocycles. The Kier molecular flexibility index (Phi) is 5.50. The molecule has 5 heteroatoms. The van der Waals surface area contributed by atoms with Gasteiger partial charge in [0.25, 0.3) is 0 Å². The number of nitrogens with zero attached hydrogens (tertiary/aromatic N) is 3. The summed E-state index contributed by atoms with van der Waals surface area (Å²) in [7, 11) is 0. The van der Waals surface area contributed by atoms with Crippen molar-refractivity contribution in [1.29, 1.82) is 0 Å². The van der Waals surface area contributed by atoms with Crippen molar-refractivity contribution in [2.45, 2.75) is 51.6 Å². The number of likely N-dealkylation sites (tertiary alicyclic amines) is 1. The first-order valence-electron chi connectivity index (χ1n) is 8.80. The Morgan fingerprint density at radius 1 is 1.27 bits per heavy atom. The number of nitrogens with one attached hydrogen (secondary N) is 1. The molecule has 2 aliphatic rings. The molecule has 0 amide bonds. The molecule has 3 rings (SSSR count). The summed E-state index contributed by atoms with van der Waals surface area (Å²) in [6, 6.07) is 2.92. The maximum atomic E-state index is 5.47. The van der Waals surface area contributed by atoms with Gasteiger partial charge in [-0.2, -0.15) is 5.10 Å². The third kappa shape index (κ3) is 4.09. The van der Waals surface area contributed by atoms with Crippen molar-refractivity contribution in [1.82, 2.24) is 20.0 Å². The Hall–Kier alpha value is -0.910. The Morgan fingerprint density at radius 2 is 2.09 bits per heavy atom. The van der Waals surface area contributed by atoms with E-state index >= 15 is 0 Å². The van der Waals surface area contributed by atoms with Crippen molar-refractivity contribution in [3.8, 4) is 0 Å². The first kappa shape index (κ1) is 16.0. The number of piperidine rings is 1. The molecule has 0 radical (unpaired) electrons. The van der Waals surface area contributed by atoms with E-state index in [4.69, 9.17) is 4.74 Å². The van der Waals surface area contributed by atoms with E-state index < -0.39 is 0 Å². The molecule has 1 N–H and O–H groups in total. The van der Waals surface area contributed by atoms with Gasteiger partial charge in [-0.1, -0.05) is 20.3 Å². The normalized spacial score (nSPS) is 25.0. The first-order valence-corrected chi connectivity index (χ1v) is 8.80. The van der Waals surface area contributed by atoms with Crippen LogP contribution in [-0.2, 0) is 11.3 Å². The maximum absolute atomic E-state index is 5.47. The lowest BCUT2D eigenvalue weighted by Crippen LogP contribution is -2.49. The third-order valence-electron chi connectivity index (χ3n) is 4.94. The molecule has 1 aromatic rings. The minimum Gasteiger partial charge on any atom is -0.379 e. The van der Waals surface area contributed by atoms with E-state index in [-0.39, 0.29) is 0 Å². The van der Waals surface area contributed by atoms with Crippen LogP contribution in [-0.4, -0.2) is 65.4 Å². The van der Waals surface area contributed by atoms with Gasteiger partial charge in [0.1, 0.15) is 0 Å². The van der Waals surface area contributed by atoms with E-state index in [2.05, 4.69) is 39.9 Å². The fraction of sp³-hybridized carbons (Fsp3) is 0.824. The monoisotopic (exact) mass is 306 g/mol. The van der Waals surface area contributed by atoms with Gasteiger partial charge in [-0.05, 0) is 31.4 Å². The summed E-state index contributed by atoms with van der Waals surface area (Å²) in [5.41, 5.74) is 2.44. The SMILES string of the molecule is CC(C)c1cc(CN2CCCCC2CN2CCOCC2)[nH]n1. The van der Waals surface area contributed by atoms with Crippen molar-refractivity contribution >= 4 is 0 Å². The highest BCUT2D eigenvalue weighted by molar-refractivity contribution is 5.12. The van der Waals surface area contributed by atoms with E-state index in [1.165, 1.54) is 43.7 Å². The predicted octanol–water partition coefficient (Wildman–Crippen LogP) is 2.22. The third-order valence-corrected chi connectivity index (χ3v) is 4.94. The second-order valence-corrected chi connectivity index (χ2v) is 7.01. The quantitative estimate of drug-likeness (QED) is 0.906. The van der Waals surface area contributed by atoms with Crippen LogP contribution in [0.1, 0.15) is 50.4 Å². The van der Waals surface area contributed by atoms with E-state index in [9.17, 15) is 0 Å². The minimum atomic E-state index is 0.496. The van der Waals surface area contributed by atoms with Crippen LogP contribution >= 0.6 is 0 Å². The minimum absolute atomic E-state index is 0.496. The standard InChI is InChI=1S/C17H30N4O/c1-14(2)17-11-15(18-19-17)12-21-6-4-3-5-16(21)13-20-7-9-22-10-8-20/h11,14,16H,3-10,12-13H2,1-2H3,(H,18,19). The van der Waals surface area contributed by atoms with E-state index in [1.54, 1.807) is 0 Å². The molecule has 2 aliphatic heterocycles. The summed E-state index contributed by atoms with van der Waals surface area (Å²) in [6.45, 7) is 11.8. The number of rotatable bonds is 5. The van der Waals surface area contributed by atoms with Gasteiger partial charge in [0, 0.05) is 37.9 Å². The summed E-state index contributed by atoms with van der Waals surface area (Å²) in [5.74, 6) is 0.496. The Labute approximate surface area is 134 Å². The largest absolute Gasteiger partial charge is 0.379 e. The Bertz CT molecular complexity index is 453. The average molecular weight is 306 g/mol. The van der Waals surface area contributed by atoms with Crippen LogP contribution < -0.4 is 0 Å². The fourth-order valence-corrected chi connectivity index (χ4v) is 3.53. The number of ether oxygens (including phenoxy) is 1. The number of H-pyrrole nitrogens is 1. The topological polar surface area (TPSA) is 44.4 Å². The van der Waals surface area contributed by atoms with Gasteiger partial charge in [-0.3, -0.25) is 14.9 Å². The zero-order chi connectivity index (χ0) is 15.4. The lowest BCUT2D eigenvalue weighted by Gasteiger charge is -2.39. The predicted molar refractivity (Wildman–Crippen MR) is 88.0 cm³/mol. The van der Waals surface area contributed by atoms with Crippen LogP contribution in [0.5, 0.6) is 0 Å². The van der Waals surface area contributed by atoms with Gasteiger partial charge in [0.15, 0.2) is 0 Å². The van der Waals surface area contributed by atoms with Gasteiger partial charge < -0.3 is 4.74 Å². The first-order chi connectivity index (χ1) is 10.7. The number of hydrogen-bond donors (Lipinski definition) is 1. The van der Waals surface area contributed by atoms with Gasteiger partial charge >= 0.3 is 0 Å². The van der Waals surface area contributed by atoms with Gasteiger partial charge in [-0.15, -0.1) is 0 Å². The fourth-order valence-electron chi connectivity index (χ4n) is 3.53. The molecule has 0 aliphatic carbocycles. The van der Waals surface area contributed by atoms with Crippen molar-refractivity contribution < 1.29 is 4.74 Å². The average Bonchev–Trinajstić information content (AvgIpc) is 2.99. The highest BCUT2D eigenvalue weighted by Gasteiger charge is 2.25. The van der Waals surface area contributed by atoms with Gasteiger partial charge in [0.05, 0.1) is 18.9 Å². The van der Waals surface area contributed by atoms with Crippen molar-refractivity contribution in [3.05, 3.63) is 17.5 Å².